The average molecular weight is 212 g/mol. The van der Waals surface area contributed by atoms with E-state index in [0.29, 0.717) is 5.92 Å². The van der Waals surface area contributed by atoms with Crippen molar-refractivity contribution in [1.29, 1.82) is 0 Å². The van der Waals surface area contributed by atoms with Crippen molar-refractivity contribution in [2.24, 2.45) is 5.92 Å². The van der Waals surface area contributed by atoms with Gasteiger partial charge in [-0.25, -0.2) is 0 Å². The van der Waals surface area contributed by atoms with Gasteiger partial charge in [-0.15, -0.1) is 0 Å². The van der Waals surface area contributed by atoms with Gasteiger partial charge in [0, 0.05) is 0 Å². The molecular weight excluding hydrogens is 194 g/mol. The number of rotatable bonds is 4. The predicted octanol–water partition coefficient (Wildman–Crippen LogP) is 3.07. The van der Waals surface area contributed by atoms with Crippen LogP contribution in [0.4, 0.5) is 0 Å². The fraction of sp³-hybridized carbons (Fsp3) is 0.462. The van der Waals surface area contributed by atoms with Crippen molar-refractivity contribution in [3.63, 3.8) is 0 Å². The minimum Gasteiger partial charge on any atom is -0.481 e. The van der Waals surface area contributed by atoms with E-state index in [1.807, 2.05) is 24.3 Å². The maximum Gasteiger partial charge on any atom is 0.310 e. The van der Waals surface area contributed by atoms with Crippen molar-refractivity contribution in [2.45, 2.75) is 33.1 Å². The molecule has 82 valence electrons. The Labute approximate surface area is 90.9 Å². The molecule has 2 nitrogen and oxygen atoms in total. The van der Waals surface area contributed by atoms with Crippen molar-refractivity contribution in [3.8, 4) is 0 Å². The van der Waals surface area contributed by atoms with Crippen molar-refractivity contribution in [3.05, 3.63) is 35.4 Å². The number of carbonyl (C=O) groups is 1. The number of carboxylic acids is 1. The van der Waals surface area contributed by atoms with E-state index >= 15 is 0 Å². The Morgan fingerprint density at radius 1 is 1.20 bits per heavy atom. The van der Waals surface area contributed by atoms with Crippen molar-refractivity contribution in [1.82, 2.24) is 0 Å². The summed E-state index contributed by atoms with van der Waals surface area (Å²) in [4.78, 5) is 10.8. The van der Waals surface area contributed by atoms with E-state index in [1.165, 1.54) is 5.56 Å². The lowest BCUT2D eigenvalue weighted by molar-refractivity contribution is -0.138. The summed E-state index contributed by atoms with van der Waals surface area (Å²) in [6.07, 6.45) is 1.04. The molecule has 0 saturated heterocycles. The van der Waals surface area contributed by atoms with E-state index in [1.54, 1.807) is 6.92 Å². The highest BCUT2D eigenvalue weighted by molar-refractivity contribution is 5.75. The van der Waals surface area contributed by atoms with Crippen LogP contribution in [0.1, 0.15) is 37.8 Å². The lowest BCUT2D eigenvalue weighted by Crippen LogP contribution is -2.07. The monoisotopic (exact) mass is 212 g/mol. The minimum atomic E-state index is -0.772. The zero-order valence-corrected chi connectivity index (χ0v) is 9.53. The highest BCUT2D eigenvalue weighted by atomic mass is 16.4. The molecule has 0 radical (unpaired) electrons. The second-order valence-electron chi connectivity index (χ2n) is 4.40. The summed E-state index contributed by atoms with van der Waals surface area (Å²) < 4.78 is 0. The molecule has 0 aromatic heterocycles. The Balaban J connectivity index is 2.76. The molecule has 0 aliphatic heterocycles. The van der Waals surface area contributed by atoms with E-state index in [-0.39, 0.29) is 0 Å². The van der Waals surface area contributed by atoms with Crippen LogP contribution in [0.15, 0.2) is 24.3 Å². The molecule has 0 spiro atoms. The summed E-state index contributed by atoms with van der Waals surface area (Å²) in [5, 5.41) is 8.85. The van der Waals surface area contributed by atoms with E-state index in [2.05, 4.69) is 13.8 Å². The Morgan fingerprint density at radius 3 is 2.13 bits per heavy atom. The van der Waals surface area contributed by atoms with Gasteiger partial charge < -0.3 is 5.11 Å². The van der Waals surface area contributed by atoms with Crippen molar-refractivity contribution >= 4 is 5.97 Å². The SMILES string of the molecule is CC(C)C[13c]1[13cH][13cH][13c](C(C)C(=O)O)[13cH][13cH]1. The molecule has 1 atom stereocenters. The minimum absolute atomic E-state index is 0.418. The van der Waals surface area contributed by atoms with Gasteiger partial charge in [0.1, 0.15) is 0 Å². The quantitative estimate of drug-likeness (QED) is 0.832. The molecule has 0 saturated carbocycles. The van der Waals surface area contributed by atoms with Crippen molar-refractivity contribution in [2.75, 3.05) is 0 Å². The first-order valence-electron chi connectivity index (χ1n) is 5.32. The molecule has 1 rings (SSSR count). The molecule has 0 aliphatic rings. The van der Waals surface area contributed by atoms with Crippen LogP contribution >= 0.6 is 0 Å². The predicted molar refractivity (Wildman–Crippen MR) is 61.0 cm³/mol. The van der Waals surface area contributed by atoms with Crippen LogP contribution in [0, 0.1) is 5.92 Å². The molecule has 1 N–H and O–H groups in total. The van der Waals surface area contributed by atoms with E-state index < -0.39 is 11.9 Å². The lowest BCUT2D eigenvalue weighted by Gasteiger charge is -2.09. The Morgan fingerprint density at radius 2 is 1.73 bits per heavy atom. The molecule has 0 fully saturated rings. The third-order valence-corrected chi connectivity index (χ3v) is 2.49. The van der Waals surface area contributed by atoms with Crippen LogP contribution in [-0.2, 0) is 11.2 Å². The number of hydrogen-bond acceptors (Lipinski definition) is 1. The largest absolute Gasteiger partial charge is 0.481 e. The number of benzene rings is 1. The highest BCUT2D eigenvalue weighted by Crippen LogP contribution is 2.17. The second-order valence-corrected chi connectivity index (χ2v) is 4.40. The van der Waals surface area contributed by atoms with E-state index in [0.717, 1.165) is 12.0 Å². The van der Waals surface area contributed by atoms with Gasteiger partial charge in [0.25, 0.3) is 0 Å². The van der Waals surface area contributed by atoms with Gasteiger partial charge in [-0.3, -0.25) is 4.79 Å². The molecule has 2 heteroatoms. The van der Waals surface area contributed by atoms with Crippen LogP contribution in [0.25, 0.3) is 0 Å². The maximum atomic E-state index is 10.8. The molecule has 0 aliphatic carbocycles. The molecule has 1 aromatic rings. The summed E-state index contributed by atoms with van der Waals surface area (Å²) in [5.41, 5.74) is 2.14. The van der Waals surface area contributed by atoms with Gasteiger partial charge in [-0.05, 0) is 30.4 Å². The maximum absolute atomic E-state index is 10.8. The van der Waals surface area contributed by atoms with Crippen LogP contribution in [-0.4, -0.2) is 11.1 Å². The zero-order chi connectivity index (χ0) is 11.4. The van der Waals surface area contributed by atoms with Crippen LogP contribution in [0.2, 0.25) is 0 Å². The summed E-state index contributed by atoms with van der Waals surface area (Å²) in [7, 11) is 0. The fourth-order valence-corrected chi connectivity index (χ4v) is 1.56. The molecule has 1 unspecified atom stereocenters. The molecule has 0 heterocycles. The van der Waals surface area contributed by atoms with Gasteiger partial charge in [0.2, 0.25) is 0 Å². The van der Waals surface area contributed by atoms with Gasteiger partial charge in [0.15, 0.2) is 0 Å². The second kappa shape index (κ2) is 4.96. The summed E-state index contributed by atoms with van der Waals surface area (Å²) >= 11 is 0. The smallest absolute Gasteiger partial charge is 0.310 e. The first kappa shape index (κ1) is 11.8. The Bertz CT molecular complexity index is 325. The van der Waals surface area contributed by atoms with Crippen LogP contribution in [0.5, 0.6) is 0 Å². The third kappa shape index (κ3) is 3.39. The van der Waals surface area contributed by atoms with Gasteiger partial charge >= 0.3 is 5.97 Å². The van der Waals surface area contributed by atoms with Crippen molar-refractivity contribution < 1.29 is 9.90 Å². The average Bonchev–Trinajstić information content (AvgIpc) is 2.17. The molecule has 0 bridgehead atoms. The Hall–Kier alpha value is -1.31. The number of aliphatic carboxylic acids is 1. The first-order valence-corrected chi connectivity index (χ1v) is 5.32. The van der Waals surface area contributed by atoms with Gasteiger partial charge in [-0.1, -0.05) is 38.1 Å². The standard InChI is InChI=1S/C13H18O2/c1-9(2)8-11-4-6-12(7-5-11)10(3)13(14)15/h4-7,9-10H,8H2,1-3H3,(H,14,15)/i4+1,5+1,6+1,7+1,11+1,12+1. The fourth-order valence-electron chi connectivity index (χ4n) is 1.56. The van der Waals surface area contributed by atoms with E-state index in [4.69, 9.17) is 5.11 Å². The molecule has 15 heavy (non-hydrogen) atoms. The summed E-state index contributed by atoms with van der Waals surface area (Å²) in [5.74, 6) is -0.558. The lowest BCUT2D eigenvalue weighted by atomic mass is 10.2. The summed E-state index contributed by atoms with van der Waals surface area (Å²) in [6.45, 7) is 6.06. The molecule has 0 amide bonds. The summed E-state index contributed by atoms with van der Waals surface area (Å²) in [6, 6.07) is 7.87. The van der Waals surface area contributed by atoms with Crippen LogP contribution in [0.3, 0.4) is 0 Å². The van der Waals surface area contributed by atoms with Crippen LogP contribution < -0.4 is 0 Å². The molecular formula is C13H18O2. The normalized spacial score (nSPS) is 12.8. The van der Waals surface area contributed by atoms with Gasteiger partial charge in [-0.2, -0.15) is 0 Å². The highest BCUT2D eigenvalue weighted by Gasteiger charge is 2.12. The topological polar surface area (TPSA) is 37.3 Å². The number of hydrogen-bond donors (Lipinski definition) is 1. The number of carboxylic acid groups (broad SMARTS) is 1. The molecule has 1 aromatic carbocycles. The Kier molecular flexibility index (Phi) is 3.89. The zero-order valence-electron chi connectivity index (χ0n) is 9.53. The first-order chi connectivity index (χ1) is 7.00. The third-order valence-electron chi connectivity index (χ3n) is 2.49. The van der Waals surface area contributed by atoms with E-state index in [9.17, 15) is 4.79 Å². The van der Waals surface area contributed by atoms with Gasteiger partial charge in [0.05, 0.1) is 5.92 Å².